The summed E-state index contributed by atoms with van der Waals surface area (Å²) in [6.07, 6.45) is 7.02. The number of sulfonamides is 1. The number of aliphatic hydroxyl groups is 1. The molecule has 156 valence electrons. The first-order chi connectivity index (χ1) is 13.6. The van der Waals surface area contributed by atoms with Crippen LogP contribution in [0.25, 0.3) is 0 Å². The highest BCUT2D eigenvalue weighted by molar-refractivity contribution is 7.89. The summed E-state index contributed by atoms with van der Waals surface area (Å²) in [7, 11) is -4.20. The molecule has 3 N–H and O–H groups in total. The summed E-state index contributed by atoms with van der Waals surface area (Å²) in [6, 6.07) is 0.412. The van der Waals surface area contributed by atoms with E-state index in [1.165, 1.54) is 42.9 Å². The van der Waals surface area contributed by atoms with Gasteiger partial charge < -0.3 is 14.8 Å². The third-order valence-electron chi connectivity index (χ3n) is 5.96. The lowest BCUT2D eigenvalue weighted by atomic mass is 9.93. The predicted octanol–water partition coefficient (Wildman–Crippen LogP) is 3.30. The summed E-state index contributed by atoms with van der Waals surface area (Å²) in [5.41, 5.74) is 6.04. The number of hydrogen-bond donors (Lipinski definition) is 3. The highest BCUT2D eigenvalue weighted by Crippen LogP contribution is 2.41. The lowest BCUT2D eigenvalue weighted by Crippen LogP contribution is -2.34. The van der Waals surface area contributed by atoms with Gasteiger partial charge in [-0.2, -0.15) is 8.42 Å². The number of benzene rings is 1. The molecule has 8 heteroatoms. The Hall–Kier alpha value is -2.32. The van der Waals surface area contributed by atoms with E-state index in [1.54, 1.807) is 0 Å². The summed E-state index contributed by atoms with van der Waals surface area (Å²) < 4.78 is 32.2. The van der Waals surface area contributed by atoms with E-state index < -0.39 is 26.7 Å². The van der Waals surface area contributed by atoms with Crippen molar-refractivity contribution in [2.75, 3.05) is 5.32 Å². The molecule has 29 heavy (non-hydrogen) atoms. The van der Waals surface area contributed by atoms with Crippen LogP contribution in [0.15, 0.2) is 21.8 Å². The van der Waals surface area contributed by atoms with Gasteiger partial charge in [0.1, 0.15) is 0 Å². The number of furan rings is 1. The van der Waals surface area contributed by atoms with Crippen LogP contribution in [0, 0.1) is 6.92 Å². The molecule has 0 saturated heterocycles. The highest BCUT2D eigenvalue weighted by atomic mass is 32.2. The number of fused-ring (bicyclic) bond motifs is 2. The van der Waals surface area contributed by atoms with Crippen LogP contribution < -0.4 is 10.0 Å². The average molecular weight is 419 g/mol. The molecule has 2 aliphatic rings. The van der Waals surface area contributed by atoms with E-state index in [9.17, 15) is 18.3 Å². The Bertz CT molecular complexity index is 1060. The lowest BCUT2D eigenvalue weighted by molar-refractivity contribution is 0.0779. The summed E-state index contributed by atoms with van der Waals surface area (Å²) in [6.45, 7) is 5.19. The SMILES string of the molecule is Cc1c2c(c(NC(=O)NS(=O)(=O)c3cc(C(C)(C)O)co3)c3c1CCC3)CCC2. The van der Waals surface area contributed by atoms with Crippen molar-refractivity contribution >= 4 is 21.7 Å². The number of hydrogen-bond acceptors (Lipinski definition) is 5. The Morgan fingerprint density at radius 2 is 1.62 bits per heavy atom. The molecule has 0 atom stereocenters. The summed E-state index contributed by atoms with van der Waals surface area (Å²) in [4.78, 5) is 12.6. The van der Waals surface area contributed by atoms with Crippen LogP contribution in [0.2, 0.25) is 0 Å². The molecule has 1 heterocycles. The maximum atomic E-state index is 12.6. The van der Waals surface area contributed by atoms with E-state index in [4.69, 9.17) is 4.42 Å². The molecule has 0 bridgehead atoms. The number of urea groups is 1. The van der Waals surface area contributed by atoms with Crippen LogP contribution in [-0.4, -0.2) is 19.6 Å². The van der Waals surface area contributed by atoms with Crippen molar-refractivity contribution in [3.05, 3.63) is 45.7 Å². The minimum absolute atomic E-state index is 0.312. The Balaban J connectivity index is 1.59. The van der Waals surface area contributed by atoms with Crippen molar-refractivity contribution in [1.29, 1.82) is 0 Å². The number of carbonyl (C=O) groups is 1. The molecule has 0 saturated carbocycles. The van der Waals surface area contributed by atoms with Gasteiger partial charge in [-0.1, -0.05) is 0 Å². The molecule has 0 fully saturated rings. The van der Waals surface area contributed by atoms with Crippen LogP contribution >= 0.6 is 0 Å². The molecule has 0 radical (unpaired) electrons. The third-order valence-corrected chi connectivity index (χ3v) is 7.15. The van der Waals surface area contributed by atoms with Gasteiger partial charge in [0.05, 0.1) is 11.9 Å². The molecule has 2 aliphatic carbocycles. The van der Waals surface area contributed by atoms with Gasteiger partial charge in [0.15, 0.2) is 0 Å². The van der Waals surface area contributed by atoms with Crippen molar-refractivity contribution in [3.8, 4) is 0 Å². The predicted molar refractivity (Wildman–Crippen MR) is 109 cm³/mol. The zero-order chi connectivity index (χ0) is 21.0. The van der Waals surface area contributed by atoms with Crippen molar-refractivity contribution in [3.63, 3.8) is 0 Å². The van der Waals surface area contributed by atoms with Gasteiger partial charge in [-0.3, -0.25) is 0 Å². The number of nitrogens with one attached hydrogen (secondary N) is 2. The van der Waals surface area contributed by atoms with Gasteiger partial charge in [0.2, 0.25) is 5.09 Å². The maximum absolute atomic E-state index is 12.6. The van der Waals surface area contributed by atoms with Gasteiger partial charge >= 0.3 is 6.03 Å². The Morgan fingerprint density at radius 3 is 2.14 bits per heavy atom. The van der Waals surface area contributed by atoms with Gasteiger partial charge in [-0.25, -0.2) is 9.52 Å². The second-order valence-electron chi connectivity index (χ2n) is 8.39. The van der Waals surface area contributed by atoms with Crippen LogP contribution in [0.1, 0.15) is 60.1 Å². The molecule has 1 aromatic carbocycles. The van der Waals surface area contributed by atoms with Crippen LogP contribution in [0.5, 0.6) is 0 Å². The van der Waals surface area contributed by atoms with E-state index in [0.29, 0.717) is 5.56 Å². The second kappa shape index (κ2) is 6.88. The Morgan fingerprint density at radius 1 is 1.07 bits per heavy atom. The molecular weight excluding hydrogens is 392 g/mol. The quantitative estimate of drug-likeness (QED) is 0.706. The molecule has 0 unspecified atom stereocenters. The van der Waals surface area contributed by atoms with Gasteiger partial charge in [-0.05, 0) is 87.1 Å². The van der Waals surface area contributed by atoms with E-state index in [1.807, 2.05) is 4.72 Å². The smallest absolute Gasteiger partial charge is 0.333 e. The molecule has 1 aromatic heterocycles. The van der Waals surface area contributed by atoms with Crippen LogP contribution in [0.4, 0.5) is 10.5 Å². The minimum Gasteiger partial charge on any atom is -0.451 e. The first kappa shape index (κ1) is 20.0. The summed E-state index contributed by atoms with van der Waals surface area (Å²) >= 11 is 0. The molecule has 0 aliphatic heterocycles. The van der Waals surface area contributed by atoms with Crippen molar-refractivity contribution < 1.29 is 22.7 Å². The van der Waals surface area contributed by atoms with Crippen LogP contribution in [0.3, 0.4) is 0 Å². The zero-order valence-corrected chi connectivity index (χ0v) is 17.7. The summed E-state index contributed by atoms with van der Waals surface area (Å²) in [5, 5.41) is 12.4. The summed E-state index contributed by atoms with van der Waals surface area (Å²) in [5.74, 6) is 0. The Labute approximate surface area is 170 Å². The van der Waals surface area contributed by atoms with E-state index in [-0.39, 0.29) is 0 Å². The molecule has 7 nitrogen and oxygen atoms in total. The fourth-order valence-corrected chi connectivity index (χ4v) is 5.32. The highest BCUT2D eigenvalue weighted by Gasteiger charge is 2.30. The van der Waals surface area contributed by atoms with Gasteiger partial charge in [-0.15, -0.1) is 0 Å². The van der Waals surface area contributed by atoms with Gasteiger partial charge in [0, 0.05) is 17.3 Å². The van der Waals surface area contributed by atoms with E-state index >= 15 is 0 Å². The van der Waals surface area contributed by atoms with Gasteiger partial charge in [0.25, 0.3) is 10.0 Å². The lowest BCUT2D eigenvalue weighted by Gasteiger charge is -2.19. The number of rotatable bonds is 4. The third kappa shape index (κ3) is 3.55. The monoisotopic (exact) mass is 418 g/mol. The Kier molecular flexibility index (Phi) is 4.74. The molecule has 4 rings (SSSR count). The normalized spacial score (nSPS) is 15.9. The second-order valence-corrected chi connectivity index (χ2v) is 10.0. The molecular formula is C21H26N2O5S. The zero-order valence-electron chi connectivity index (χ0n) is 16.9. The van der Waals surface area contributed by atoms with E-state index in [2.05, 4.69) is 12.2 Å². The standard InChI is InChI=1S/C21H26N2O5S/c1-12-14-6-4-8-16(14)19(17-9-5-7-15(12)17)22-20(24)23-29(26,27)18-10-13(11-28-18)21(2,3)25/h10-11,25H,4-9H2,1-3H3,(H2,22,23,24). The topological polar surface area (TPSA) is 109 Å². The average Bonchev–Trinajstić information content (AvgIpc) is 3.37. The number of amides is 2. The number of anilines is 1. The molecule has 0 spiro atoms. The van der Waals surface area contributed by atoms with Crippen molar-refractivity contribution in [1.82, 2.24) is 4.72 Å². The first-order valence-electron chi connectivity index (χ1n) is 9.89. The maximum Gasteiger partial charge on any atom is 0.333 e. The van der Waals surface area contributed by atoms with Crippen LogP contribution in [-0.2, 0) is 41.3 Å². The fourth-order valence-electron chi connectivity index (χ4n) is 4.47. The first-order valence-corrected chi connectivity index (χ1v) is 11.4. The largest absolute Gasteiger partial charge is 0.451 e. The number of carbonyl (C=O) groups excluding carboxylic acids is 1. The van der Waals surface area contributed by atoms with Crippen molar-refractivity contribution in [2.45, 2.75) is 70.0 Å². The molecule has 2 amide bonds. The molecule has 2 aromatic rings. The fraction of sp³-hybridized carbons (Fsp3) is 0.476. The minimum atomic E-state index is -4.20. The van der Waals surface area contributed by atoms with Crippen molar-refractivity contribution in [2.24, 2.45) is 0 Å². The van der Waals surface area contributed by atoms with E-state index in [0.717, 1.165) is 55.3 Å².